The number of piperidine rings is 1. The Labute approximate surface area is 339 Å². The highest BCUT2D eigenvalue weighted by atomic mass is 19.1. The number of halogens is 2. The van der Waals surface area contributed by atoms with Gasteiger partial charge in [-0.3, -0.25) is 14.7 Å². The number of hydrogen-bond donors (Lipinski definition) is 2. The van der Waals surface area contributed by atoms with E-state index in [1.807, 2.05) is 0 Å². The fraction of sp³-hybridized carbons (Fsp3) is 0.727. The zero-order valence-corrected chi connectivity index (χ0v) is 38.1. The average molecular weight is 794 g/mol. The second-order valence-corrected chi connectivity index (χ2v) is 21.3. The van der Waals surface area contributed by atoms with Crippen molar-refractivity contribution in [3.63, 3.8) is 0 Å². The number of nitrogens with one attached hydrogen (secondary N) is 1. The van der Waals surface area contributed by atoms with Crippen LogP contribution in [0.5, 0.6) is 0 Å². The van der Waals surface area contributed by atoms with Crippen molar-refractivity contribution in [2.75, 3.05) is 29.2 Å². The Balaban J connectivity index is 1.48. The van der Waals surface area contributed by atoms with Gasteiger partial charge in [-0.1, -0.05) is 27.7 Å². The third-order valence-electron chi connectivity index (χ3n) is 17.4. The molecule has 0 saturated carbocycles. The second kappa shape index (κ2) is 12.5. The molecule has 3 saturated heterocycles. The van der Waals surface area contributed by atoms with E-state index in [0.717, 1.165) is 0 Å². The van der Waals surface area contributed by atoms with Crippen LogP contribution in [0.3, 0.4) is 0 Å². The summed E-state index contributed by atoms with van der Waals surface area (Å²) in [6.45, 7) is 42.1. The number of nitrogens with two attached hydrogens (primary N) is 1. The molecule has 0 radical (unpaired) electrons. The normalized spacial score (nSPS) is 25.3. The molecule has 3 fully saturated rings. The van der Waals surface area contributed by atoms with Crippen molar-refractivity contribution in [3.8, 4) is 0 Å². The van der Waals surface area contributed by atoms with Crippen molar-refractivity contribution in [3.05, 3.63) is 41.0 Å². The first-order valence-electron chi connectivity index (χ1n) is 20.4. The maximum absolute atomic E-state index is 16.8. The number of carbonyl (C=O) groups is 1. The Morgan fingerprint density at radius 2 is 1.32 bits per heavy atom. The average Bonchev–Trinajstić information content (AvgIpc) is 3.37. The third kappa shape index (κ3) is 5.11. The summed E-state index contributed by atoms with van der Waals surface area (Å²) >= 11 is 0. The van der Waals surface area contributed by atoms with Crippen LogP contribution in [0.15, 0.2) is 12.4 Å². The molecule has 3 aromatic rings. The standard InChI is InChI=1S/C44H69F2N9O2/c1-25-31(46)26(2)52-34(50-25)28(33(47)51-52)20-49-30-22-48-21-29(45)32(30)54-38(7,8)36(3,4)44(19,37(5,6)39(54,9)10)35(56)55-42(15,16)40(11,12)53(27-23-57-24-27)41(13,14)43(55,17)18/h21-22,27,49H,20,23-24H2,1-19H3,(H2,47,51). The van der Waals surface area contributed by atoms with E-state index >= 15 is 9.18 Å². The van der Waals surface area contributed by atoms with Gasteiger partial charge in [-0.15, -0.1) is 5.10 Å². The molecule has 0 unspecified atom stereocenters. The molecule has 6 rings (SSSR count). The number of rotatable bonds is 6. The number of piperazine rings is 1. The van der Waals surface area contributed by atoms with Crippen LogP contribution in [0, 0.1) is 41.7 Å². The molecule has 57 heavy (non-hydrogen) atoms. The number of nitrogens with zero attached hydrogens (tertiary/aromatic N) is 7. The van der Waals surface area contributed by atoms with E-state index in [9.17, 15) is 4.39 Å². The lowest BCUT2D eigenvalue weighted by molar-refractivity contribution is -0.262. The topological polar surface area (TPSA) is 117 Å². The molecule has 0 bridgehead atoms. The summed E-state index contributed by atoms with van der Waals surface area (Å²) < 4.78 is 38.7. The van der Waals surface area contributed by atoms with E-state index in [1.54, 1.807) is 20.0 Å². The molecule has 0 aromatic carbocycles. The molecule has 3 aliphatic heterocycles. The fourth-order valence-corrected chi connectivity index (χ4v) is 11.4. The van der Waals surface area contributed by atoms with Crippen molar-refractivity contribution in [1.82, 2.24) is 29.4 Å². The number of fused-ring (bicyclic) bond motifs is 1. The smallest absolute Gasteiger partial charge is 0.230 e. The molecule has 1 amide bonds. The van der Waals surface area contributed by atoms with Crippen molar-refractivity contribution >= 4 is 28.7 Å². The maximum atomic E-state index is 16.8. The minimum atomic E-state index is -0.981. The molecule has 0 atom stereocenters. The number of ether oxygens (including phenoxy) is 1. The quantitative estimate of drug-likeness (QED) is 0.254. The summed E-state index contributed by atoms with van der Waals surface area (Å²) in [5, 5.41) is 7.81. The Bertz CT molecular complexity index is 2070. The zero-order chi connectivity index (χ0) is 43.2. The van der Waals surface area contributed by atoms with Gasteiger partial charge in [-0.2, -0.15) is 0 Å². The van der Waals surface area contributed by atoms with Gasteiger partial charge in [0.1, 0.15) is 5.69 Å². The molecule has 0 aliphatic carbocycles. The lowest BCUT2D eigenvalue weighted by Crippen LogP contribution is -2.89. The van der Waals surface area contributed by atoms with Crippen LogP contribution in [-0.4, -0.2) is 87.8 Å². The highest BCUT2D eigenvalue weighted by Crippen LogP contribution is 2.70. The highest BCUT2D eigenvalue weighted by molar-refractivity contribution is 5.88. The van der Waals surface area contributed by atoms with E-state index in [4.69, 9.17) is 10.5 Å². The third-order valence-corrected chi connectivity index (χ3v) is 17.4. The van der Waals surface area contributed by atoms with Crippen LogP contribution >= 0.6 is 0 Å². The number of anilines is 3. The molecule has 316 valence electrons. The number of nitrogen functional groups attached to an aromatic ring is 1. The van der Waals surface area contributed by atoms with Crippen LogP contribution in [0.1, 0.15) is 135 Å². The fourth-order valence-electron chi connectivity index (χ4n) is 11.4. The van der Waals surface area contributed by atoms with Gasteiger partial charge in [0.05, 0.1) is 70.8 Å². The lowest BCUT2D eigenvalue weighted by atomic mass is 9.39. The van der Waals surface area contributed by atoms with Gasteiger partial charge in [-0.05, 0) is 104 Å². The summed E-state index contributed by atoms with van der Waals surface area (Å²) in [4.78, 5) is 32.2. The van der Waals surface area contributed by atoms with Gasteiger partial charge in [0, 0.05) is 39.5 Å². The predicted molar refractivity (Wildman–Crippen MR) is 224 cm³/mol. The molecule has 6 heterocycles. The molecule has 11 nitrogen and oxygen atoms in total. The highest BCUT2D eigenvalue weighted by Gasteiger charge is 2.76. The molecular formula is C44H69F2N9O2. The summed E-state index contributed by atoms with van der Waals surface area (Å²) in [6, 6.07) is 0.255. The van der Waals surface area contributed by atoms with Crippen molar-refractivity contribution < 1.29 is 18.3 Å². The number of aryl methyl sites for hydroxylation is 2. The van der Waals surface area contributed by atoms with Crippen LogP contribution in [0.25, 0.3) is 5.65 Å². The van der Waals surface area contributed by atoms with E-state index in [-0.39, 0.29) is 30.0 Å². The number of aromatic nitrogens is 4. The first-order valence-corrected chi connectivity index (χ1v) is 20.4. The summed E-state index contributed by atoms with van der Waals surface area (Å²) in [7, 11) is 0. The minimum absolute atomic E-state index is 0.0885. The first kappa shape index (κ1) is 43.0. The van der Waals surface area contributed by atoms with Crippen LogP contribution in [0.4, 0.5) is 26.0 Å². The first-order chi connectivity index (χ1) is 25.7. The van der Waals surface area contributed by atoms with Gasteiger partial charge < -0.3 is 25.6 Å². The van der Waals surface area contributed by atoms with E-state index in [0.29, 0.717) is 41.5 Å². The van der Waals surface area contributed by atoms with Crippen LogP contribution in [0.2, 0.25) is 0 Å². The van der Waals surface area contributed by atoms with Gasteiger partial charge in [0.15, 0.2) is 23.1 Å². The summed E-state index contributed by atoms with van der Waals surface area (Å²) in [5.41, 5.74) is 2.52. The van der Waals surface area contributed by atoms with Crippen LogP contribution in [-0.2, 0) is 16.1 Å². The molecule has 3 aromatic heterocycles. The van der Waals surface area contributed by atoms with Gasteiger partial charge in [-0.25, -0.2) is 18.3 Å². The minimum Gasteiger partial charge on any atom is -0.382 e. The number of carbonyl (C=O) groups excluding carboxylic acids is 1. The Hall–Kier alpha value is -3.58. The van der Waals surface area contributed by atoms with Crippen molar-refractivity contribution in [2.24, 2.45) is 16.2 Å². The molecule has 3 aliphatic rings. The molecule has 0 spiro atoms. The largest absolute Gasteiger partial charge is 0.382 e. The second-order valence-electron chi connectivity index (χ2n) is 21.3. The Kier molecular flexibility index (Phi) is 9.41. The SMILES string of the molecule is Cc1nc2c(CNc3cncc(F)c3N3C(C)(C)C(C)(C)C(C)(C(=O)N4C(C)(C)C(C)(C)N(C5COC5)C(C)(C)C4(C)C)C(C)(C)C3(C)C)c(N)nn2c(C)c1F. The lowest BCUT2D eigenvalue weighted by Gasteiger charge is -2.78. The number of hydrogen-bond acceptors (Lipinski definition) is 9. The molecule has 3 N–H and O–H groups in total. The van der Waals surface area contributed by atoms with Gasteiger partial charge in [0.25, 0.3) is 0 Å². The van der Waals surface area contributed by atoms with Crippen LogP contribution < -0.4 is 16.0 Å². The van der Waals surface area contributed by atoms with Gasteiger partial charge >= 0.3 is 0 Å². The summed E-state index contributed by atoms with van der Waals surface area (Å²) in [5.74, 6) is -0.657. The monoisotopic (exact) mass is 794 g/mol. The Morgan fingerprint density at radius 3 is 1.79 bits per heavy atom. The Morgan fingerprint density at radius 1 is 0.807 bits per heavy atom. The molecular weight excluding hydrogens is 725 g/mol. The zero-order valence-electron chi connectivity index (χ0n) is 38.1. The van der Waals surface area contributed by atoms with E-state index in [1.165, 1.54) is 10.7 Å². The van der Waals surface area contributed by atoms with E-state index < -0.39 is 61.1 Å². The number of amides is 1. The van der Waals surface area contributed by atoms with Crippen molar-refractivity contribution in [2.45, 2.75) is 177 Å². The number of pyridine rings is 1. The molecule has 13 heteroatoms. The van der Waals surface area contributed by atoms with Crippen molar-refractivity contribution in [1.29, 1.82) is 0 Å². The summed E-state index contributed by atoms with van der Waals surface area (Å²) in [6.07, 6.45) is 2.87. The van der Waals surface area contributed by atoms with E-state index in [2.05, 4.69) is 153 Å². The predicted octanol–water partition coefficient (Wildman–Crippen LogP) is 8.31. The maximum Gasteiger partial charge on any atom is 0.230 e. The van der Waals surface area contributed by atoms with Gasteiger partial charge in [0.2, 0.25) is 5.91 Å².